The van der Waals surface area contributed by atoms with Gasteiger partial charge in [-0.1, -0.05) is 36.7 Å². The van der Waals surface area contributed by atoms with Crippen LogP contribution in [0.1, 0.15) is 67.4 Å². The van der Waals surface area contributed by atoms with Gasteiger partial charge in [-0.25, -0.2) is 13.1 Å². The first-order valence-electron chi connectivity index (χ1n) is 17.6. The molecular weight excluding hydrogens is 666 g/mol. The Balaban J connectivity index is 1.39. The molecule has 10 nitrogen and oxygen atoms in total. The Bertz CT molecular complexity index is 1640. The van der Waals surface area contributed by atoms with E-state index in [0.29, 0.717) is 63.2 Å². The molecule has 0 unspecified atom stereocenters. The molecule has 6 atom stereocenters. The minimum atomic E-state index is -4.01. The van der Waals surface area contributed by atoms with Crippen LogP contribution in [0.5, 0.6) is 5.75 Å². The van der Waals surface area contributed by atoms with Crippen molar-refractivity contribution in [2.45, 2.75) is 75.9 Å². The van der Waals surface area contributed by atoms with Gasteiger partial charge in [0.05, 0.1) is 42.4 Å². The standard InChI is InChI=1S/C37H50ClN3O7S/c1-25-6-5-14-37(44,24-41-16-17-47-23-32(41)21-42)33-12-9-29(33)20-40-15-4-3-7-27-18-31(38)11-8-30(27)22-48-35-13-10-28(19-34(35)40)36(43)39-49(45,46)26(25)2/h5,8,10-11,13-14,18-19,25-26,29,32-33,42,44H,3-4,6-7,9,12,15-17,20-24H2,1-2H3,(H,39,43)/b14-5+/t25-,26+,29-,32+,33+,37+/m0/s1. The van der Waals surface area contributed by atoms with E-state index in [9.17, 15) is 23.4 Å². The number of hydrogen-bond acceptors (Lipinski definition) is 9. The van der Waals surface area contributed by atoms with Crippen molar-refractivity contribution in [3.63, 3.8) is 0 Å². The van der Waals surface area contributed by atoms with Crippen LogP contribution < -0.4 is 14.4 Å². The van der Waals surface area contributed by atoms with E-state index in [1.165, 1.54) is 0 Å². The summed E-state index contributed by atoms with van der Waals surface area (Å²) >= 11 is 6.36. The van der Waals surface area contributed by atoms with Crippen LogP contribution in [-0.2, 0) is 27.8 Å². The fourth-order valence-corrected chi connectivity index (χ4v) is 9.24. The maximum absolute atomic E-state index is 13.5. The highest BCUT2D eigenvalue weighted by atomic mass is 35.5. The number of halogens is 1. The molecule has 1 saturated carbocycles. The monoisotopic (exact) mass is 715 g/mol. The van der Waals surface area contributed by atoms with Crippen LogP contribution >= 0.6 is 11.6 Å². The number of sulfonamides is 1. The molecular formula is C37H50ClN3O7S. The largest absolute Gasteiger partial charge is 0.487 e. The molecule has 2 fully saturated rings. The third kappa shape index (κ3) is 8.13. The summed E-state index contributed by atoms with van der Waals surface area (Å²) in [6, 6.07) is 10.8. The second-order valence-electron chi connectivity index (χ2n) is 14.4. The minimum Gasteiger partial charge on any atom is -0.487 e. The molecule has 0 aromatic heterocycles. The number of benzene rings is 2. The van der Waals surface area contributed by atoms with Crippen molar-refractivity contribution in [2.75, 3.05) is 50.9 Å². The maximum Gasteiger partial charge on any atom is 0.264 e. The molecule has 2 bridgehead atoms. The summed E-state index contributed by atoms with van der Waals surface area (Å²) in [4.78, 5) is 17.9. The number of aliphatic hydroxyl groups excluding tert-OH is 1. The first-order valence-corrected chi connectivity index (χ1v) is 19.6. The molecule has 1 amide bonds. The molecule has 268 valence electrons. The van der Waals surface area contributed by atoms with E-state index >= 15 is 0 Å². The lowest BCUT2D eigenvalue weighted by Crippen LogP contribution is -2.59. The number of β-amino-alcohol motifs (C(OH)–C–C–N with tert-alkyl or cyclic N) is 1. The molecule has 2 aromatic carbocycles. The number of ether oxygens (including phenoxy) is 2. The van der Waals surface area contributed by atoms with Gasteiger partial charge in [0.2, 0.25) is 10.0 Å². The van der Waals surface area contributed by atoms with Crippen LogP contribution in [-0.4, -0.2) is 92.3 Å². The molecule has 12 heteroatoms. The predicted molar refractivity (Wildman–Crippen MR) is 191 cm³/mol. The van der Waals surface area contributed by atoms with Crippen LogP contribution in [0.25, 0.3) is 0 Å². The summed E-state index contributed by atoms with van der Waals surface area (Å²) in [5.74, 6) is -0.289. The molecule has 4 aliphatic rings. The molecule has 2 aromatic rings. The van der Waals surface area contributed by atoms with Gasteiger partial charge in [-0.05, 0) is 105 Å². The highest BCUT2D eigenvalue weighted by molar-refractivity contribution is 7.90. The third-order valence-electron chi connectivity index (χ3n) is 11.2. The number of aryl methyl sites for hydroxylation is 1. The number of hydrogen-bond donors (Lipinski definition) is 3. The summed E-state index contributed by atoms with van der Waals surface area (Å²) in [6.07, 6.45) is 8.63. The maximum atomic E-state index is 13.5. The lowest BCUT2D eigenvalue weighted by Gasteiger charge is -2.50. The normalized spacial score (nSPS) is 31.9. The Labute approximate surface area is 295 Å². The van der Waals surface area contributed by atoms with Gasteiger partial charge in [-0.2, -0.15) is 0 Å². The smallest absolute Gasteiger partial charge is 0.264 e. The predicted octanol–water partition coefficient (Wildman–Crippen LogP) is 4.56. The van der Waals surface area contributed by atoms with Crippen molar-refractivity contribution in [1.82, 2.24) is 9.62 Å². The highest BCUT2D eigenvalue weighted by Gasteiger charge is 2.47. The van der Waals surface area contributed by atoms with E-state index in [0.717, 1.165) is 48.9 Å². The number of anilines is 1. The van der Waals surface area contributed by atoms with Gasteiger partial charge in [0.1, 0.15) is 12.4 Å². The molecule has 3 aliphatic heterocycles. The van der Waals surface area contributed by atoms with Gasteiger partial charge in [0, 0.05) is 36.8 Å². The zero-order valence-electron chi connectivity index (χ0n) is 28.5. The average molecular weight is 716 g/mol. The summed E-state index contributed by atoms with van der Waals surface area (Å²) in [5.41, 5.74) is 1.98. The molecule has 0 spiro atoms. The van der Waals surface area contributed by atoms with Crippen molar-refractivity contribution < 1.29 is 32.9 Å². The van der Waals surface area contributed by atoms with E-state index in [1.807, 2.05) is 37.3 Å². The lowest BCUT2D eigenvalue weighted by molar-refractivity contribution is -0.0995. The van der Waals surface area contributed by atoms with E-state index in [-0.39, 0.29) is 36.0 Å². The van der Waals surface area contributed by atoms with Gasteiger partial charge in [-0.15, -0.1) is 0 Å². The summed E-state index contributed by atoms with van der Waals surface area (Å²) < 4.78 is 41.3. The SMILES string of the molecule is C[C@@H]1[C@@H](C)C/C=C/[C@@](O)(CN2CCOC[C@H]2CO)[C@@H]2CC[C@H]2CN2CCCCc3cc(Cl)ccc3COc3ccc(cc32)C(=O)NS1(=O)=O. The number of carbonyl (C=O) groups excluding carboxylic acids is 1. The Morgan fingerprint density at radius 3 is 2.69 bits per heavy atom. The van der Waals surface area contributed by atoms with Crippen molar-refractivity contribution in [3.05, 3.63) is 70.3 Å². The quantitative estimate of drug-likeness (QED) is 0.392. The first-order chi connectivity index (χ1) is 23.5. The Kier molecular flexibility index (Phi) is 11.3. The number of aliphatic hydroxyl groups is 2. The second kappa shape index (κ2) is 15.3. The van der Waals surface area contributed by atoms with E-state index < -0.39 is 26.8 Å². The van der Waals surface area contributed by atoms with Gasteiger partial charge in [-0.3, -0.25) is 9.69 Å². The van der Waals surface area contributed by atoms with Gasteiger partial charge < -0.3 is 24.6 Å². The van der Waals surface area contributed by atoms with Crippen LogP contribution in [0, 0.1) is 17.8 Å². The average Bonchev–Trinajstić information content (AvgIpc) is 3.09. The Morgan fingerprint density at radius 2 is 1.92 bits per heavy atom. The Morgan fingerprint density at radius 1 is 1.08 bits per heavy atom. The topological polar surface area (TPSA) is 129 Å². The van der Waals surface area contributed by atoms with Crippen molar-refractivity contribution in [1.29, 1.82) is 0 Å². The third-order valence-corrected chi connectivity index (χ3v) is 13.4. The molecule has 1 saturated heterocycles. The fourth-order valence-electron chi connectivity index (χ4n) is 7.76. The van der Waals surface area contributed by atoms with Crippen LogP contribution in [0.2, 0.25) is 5.02 Å². The number of fused-ring (bicyclic) bond motifs is 3. The number of amides is 1. The number of morpholine rings is 1. The molecule has 3 heterocycles. The van der Waals surface area contributed by atoms with Gasteiger partial charge in [0.25, 0.3) is 5.91 Å². The fraction of sp³-hybridized carbons (Fsp3) is 0.595. The molecule has 1 aliphatic carbocycles. The van der Waals surface area contributed by atoms with Crippen molar-refractivity contribution >= 4 is 33.2 Å². The molecule has 3 N–H and O–H groups in total. The summed E-state index contributed by atoms with van der Waals surface area (Å²) in [5, 5.41) is 22.5. The number of nitrogens with zero attached hydrogens (tertiary/aromatic N) is 2. The summed E-state index contributed by atoms with van der Waals surface area (Å²) in [6.45, 7) is 6.95. The number of allylic oxidation sites excluding steroid dienone is 1. The van der Waals surface area contributed by atoms with E-state index in [2.05, 4.69) is 14.5 Å². The van der Waals surface area contributed by atoms with Gasteiger partial charge in [0.15, 0.2) is 0 Å². The van der Waals surface area contributed by atoms with E-state index in [4.69, 9.17) is 21.1 Å². The van der Waals surface area contributed by atoms with Crippen molar-refractivity contribution in [3.8, 4) is 5.75 Å². The zero-order valence-corrected chi connectivity index (χ0v) is 30.1. The summed E-state index contributed by atoms with van der Waals surface area (Å²) in [7, 11) is -4.01. The van der Waals surface area contributed by atoms with Crippen LogP contribution in [0.3, 0.4) is 0 Å². The minimum absolute atomic E-state index is 0.0595. The number of carbonyl (C=O) groups is 1. The van der Waals surface area contributed by atoms with Crippen molar-refractivity contribution in [2.24, 2.45) is 17.8 Å². The number of nitrogens with one attached hydrogen (secondary N) is 1. The van der Waals surface area contributed by atoms with E-state index in [1.54, 1.807) is 25.1 Å². The molecule has 6 rings (SSSR count). The highest BCUT2D eigenvalue weighted by Crippen LogP contribution is 2.45. The number of rotatable bonds is 3. The van der Waals surface area contributed by atoms with Crippen LogP contribution in [0.15, 0.2) is 48.6 Å². The lowest BCUT2D eigenvalue weighted by atomic mass is 9.64. The molecule has 0 radical (unpaired) electrons. The Hall–Kier alpha value is -2.67. The van der Waals surface area contributed by atoms with Gasteiger partial charge >= 0.3 is 0 Å². The zero-order chi connectivity index (χ0) is 34.8. The van der Waals surface area contributed by atoms with Crippen LogP contribution in [0.4, 0.5) is 5.69 Å². The molecule has 49 heavy (non-hydrogen) atoms. The first kappa shape index (κ1) is 36.1. The second-order valence-corrected chi connectivity index (χ2v) is 16.9.